The van der Waals surface area contributed by atoms with Crippen LogP contribution in [0.15, 0.2) is 43.1 Å². The molecule has 0 saturated carbocycles. The van der Waals surface area contributed by atoms with Crippen LogP contribution in [-0.4, -0.2) is 36.1 Å². The predicted molar refractivity (Wildman–Crippen MR) is 98.1 cm³/mol. The summed E-state index contributed by atoms with van der Waals surface area (Å²) in [7, 11) is 0. The van der Waals surface area contributed by atoms with Gasteiger partial charge in [0.2, 0.25) is 5.95 Å². The average Bonchev–Trinajstić information content (AvgIpc) is 3.34. The van der Waals surface area contributed by atoms with Gasteiger partial charge in [-0.25, -0.2) is 28.2 Å². The molecule has 8 nitrogen and oxygen atoms in total. The summed E-state index contributed by atoms with van der Waals surface area (Å²) in [6.45, 7) is 0.624. The Balaban J connectivity index is 1.67. The lowest BCUT2D eigenvalue weighted by atomic mass is 10.00. The first kappa shape index (κ1) is 16.6. The van der Waals surface area contributed by atoms with Gasteiger partial charge in [-0.05, 0) is 18.2 Å². The van der Waals surface area contributed by atoms with Crippen LogP contribution in [-0.2, 0) is 6.42 Å². The number of hydrogen-bond donors (Lipinski definition) is 2. The summed E-state index contributed by atoms with van der Waals surface area (Å²) in [5.41, 5.74) is 8.86. The van der Waals surface area contributed by atoms with E-state index in [1.807, 2.05) is 4.90 Å². The number of aromatic amines is 1. The molecule has 0 unspecified atom stereocenters. The summed E-state index contributed by atoms with van der Waals surface area (Å²) in [5, 5.41) is 4.56. The summed E-state index contributed by atoms with van der Waals surface area (Å²) in [5.74, 6) is 0.485. The zero-order chi connectivity index (χ0) is 19.3. The van der Waals surface area contributed by atoms with E-state index in [1.165, 1.54) is 23.0 Å². The van der Waals surface area contributed by atoms with Crippen LogP contribution in [0.25, 0.3) is 5.52 Å². The normalized spacial score (nSPS) is 16.7. The molecule has 0 fully saturated rings. The number of imidazole rings is 1. The van der Waals surface area contributed by atoms with Gasteiger partial charge >= 0.3 is 0 Å². The van der Waals surface area contributed by atoms with Gasteiger partial charge < -0.3 is 15.6 Å². The van der Waals surface area contributed by atoms with Crippen molar-refractivity contribution in [3.05, 3.63) is 65.8 Å². The standard InChI is InChI=1S/C18H16F2N8/c19-17(20)11-2-1-4-28-14(11)6-13(26-28)16-15-12(24-9-25-15)3-5-27(16)18-22-7-10(21)8-23-18/h1-2,4,6-9,16-17H,3,5,21H2,(H,24,25)/t16-/m1/s1. The van der Waals surface area contributed by atoms with Crippen molar-refractivity contribution >= 4 is 17.2 Å². The molecular weight excluding hydrogens is 366 g/mol. The summed E-state index contributed by atoms with van der Waals surface area (Å²) in [6, 6.07) is 4.25. The van der Waals surface area contributed by atoms with Gasteiger partial charge in [-0.3, -0.25) is 0 Å². The topological polar surface area (TPSA) is 101 Å². The van der Waals surface area contributed by atoms with E-state index in [-0.39, 0.29) is 5.56 Å². The Morgan fingerprint density at radius 2 is 2.04 bits per heavy atom. The van der Waals surface area contributed by atoms with E-state index >= 15 is 0 Å². The van der Waals surface area contributed by atoms with Crippen LogP contribution in [0, 0.1) is 0 Å². The SMILES string of the molecule is Nc1cnc(N2CCc3[nH]cnc3[C@H]2c2cc3c(C(F)F)cccn3n2)nc1. The van der Waals surface area contributed by atoms with Crippen LogP contribution in [0.2, 0.25) is 0 Å². The molecule has 0 radical (unpaired) electrons. The molecule has 0 saturated heterocycles. The van der Waals surface area contributed by atoms with Crippen LogP contribution in [0.5, 0.6) is 0 Å². The van der Waals surface area contributed by atoms with E-state index in [0.717, 1.165) is 17.8 Å². The number of nitrogen functional groups attached to an aromatic ring is 1. The number of anilines is 2. The van der Waals surface area contributed by atoms with Crippen molar-refractivity contribution < 1.29 is 8.78 Å². The van der Waals surface area contributed by atoms with Crippen molar-refractivity contribution in [1.29, 1.82) is 0 Å². The number of pyridine rings is 1. The number of fused-ring (bicyclic) bond motifs is 2. The maximum Gasteiger partial charge on any atom is 0.265 e. The molecule has 28 heavy (non-hydrogen) atoms. The van der Waals surface area contributed by atoms with E-state index in [9.17, 15) is 8.78 Å². The predicted octanol–water partition coefficient (Wildman–Crippen LogP) is 2.52. The number of halogens is 2. The van der Waals surface area contributed by atoms with Crippen LogP contribution in [0.3, 0.4) is 0 Å². The van der Waals surface area contributed by atoms with E-state index in [1.54, 1.807) is 24.7 Å². The molecule has 10 heteroatoms. The number of alkyl halides is 2. The molecule has 0 amide bonds. The Hall–Kier alpha value is -3.56. The smallest absolute Gasteiger partial charge is 0.265 e. The maximum atomic E-state index is 13.4. The number of aromatic nitrogens is 6. The van der Waals surface area contributed by atoms with Gasteiger partial charge in [0.15, 0.2) is 0 Å². The first-order chi connectivity index (χ1) is 13.6. The molecule has 142 valence electrons. The third-order valence-electron chi connectivity index (χ3n) is 4.91. The van der Waals surface area contributed by atoms with Crippen LogP contribution in [0.4, 0.5) is 20.4 Å². The Morgan fingerprint density at radius 1 is 1.21 bits per heavy atom. The van der Waals surface area contributed by atoms with E-state index in [0.29, 0.717) is 29.4 Å². The minimum atomic E-state index is -2.59. The van der Waals surface area contributed by atoms with Gasteiger partial charge in [0, 0.05) is 30.4 Å². The number of nitrogens with two attached hydrogens (primary N) is 1. The highest BCUT2D eigenvalue weighted by atomic mass is 19.3. The van der Waals surface area contributed by atoms with Crippen molar-refractivity contribution in [1.82, 2.24) is 29.5 Å². The van der Waals surface area contributed by atoms with Crippen LogP contribution in [0.1, 0.15) is 35.1 Å². The third kappa shape index (κ3) is 2.56. The molecule has 4 aromatic rings. The molecule has 0 aliphatic carbocycles. The Bertz CT molecular complexity index is 1130. The van der Waals surface area contributed by atoms with Gasteiger partial charge in [-0.15, -0.1) is 0 Å². The molecule has 0 spiro atoms. The molecule has 3 N–H and O–H groups in total. The van der Waals surface area contributed by atoms with Crippen LogP contribution >= 0.6 is 0 Å². The summed E-state index contributed by atoms with van der Waals surface area (Å²) >= 11 is 0. The number of H-pyrrole nitrogens is 1. The second-order valence-electron chi connectivity index (χ2n) is 6.59. The summed E-state index contributed by atoms with van der Waals surface area (Å²) in [4.78, 5) is 18.2. The van der Waals surface area contributed by atoms with Gasteiger partial charge in [0.05, 0.1) is 41.3 Å². The van der Waals surface area contributed by atoms with Gasteiger partial charge in [-0.1, -0.05) is 0 Å². The molecule has 1 atom stereocenters. The third-order valence-corrected chi connectivity index (χ3v) is 4.91. The minimum Gasteiger partial charge on any atom is -0.396 e. The quantitative estimate of drug-likeness (QED) is 0.565. The second kappa shape index (κ2) is 6.25. The molecule has 5 heterocycles. The van der Waals surface area contributed by atoms with Crippen molar-refractivity contribution in [2.75, 3.05) is 17.2 Å². The lowest BCUT2D eigenvalue weighted by Crippen LogP contribution is -2.37. The summed E-state index contributed by atoms with van der Waals surface area (Å²) < 4.78 is 28.3. The number of nitrogens with one attached hydrogen (secondary N) is 1. The average molecular weight is 382 g/mol. The van der Waals surface area contributed by atoms with Crippen LogP contribution < -0.4 is 10.6 Å². The highest BCUT2D eigenvalue weighted by Crippen LogP contribution is 2.36. The van der Waals surface area contributed by atoms with Crippen molar-refractivity contribution in [3.63, 3.8) is 0 Å². The fourth-order valence-electron chi connectivity index (χ4n) is 3.65. The Labute approximate surface area is 158 Å². The molecule has 4 aromatic heterocycles. The lowest BCUT2D eigenvalue weighted by molar-refractivity contribution is 0.152. The van der Waals surface area contributed by atoms with Gasteiger partial charge in [0.25, 0.3) is 6.43 Å². The largest absolute Gasteiger partial charge is 0.396 e. The number of rotatable bonds is 3. The Morgan fingerprint density at radius 3 is 2.82 bits per heavy atom. The number of nitrogens with zero attached hydrogens (tertiary/aromatic N) is 6. The maximum absolute atomic E-state index is 13.4. The van der Waals surface area contributed by atoms with E-state index < -0.39 is 12.5 Å². The first-order valence-corrected chi connectivity index (χ1v) is 8.74. The monoisotopic (exact) mass is 382 g/mol. The van der Waals surface area contributed by atoms with E-state index in [4.69, 9.17) is 5.73 Å². The number of hydrogen-bond acceptors (Lipinski definition) is 6. The van der Waals surface area contributed by atoms with Gasteiger partial charge in [0.1, 0.15) is 6.04 Å². The minimum absolute atomic E-state index is 0.0606. The van der Waals surface area contributed by atoms with Crippen molar-refractivity contribution in [2.24, 2.45) is 0 Å². The Kier molecular flexibility index (Phi) is 3.71. The van der Waals surface area contributed by atoms with Crippen molar-refractivity contribution in [3.8, 4) is 0 Å². The molecule has 1 aliphatic rings. The summed E-state index contributed by atoms with van der Waals surface area (Å²) in [6.07, 6.45) is 4.51. The molecule has 0 aromatic carbocycles. The molecular formula is C18H16F2N8. The molecule has 1 aliphatic heterocycles. The zero-order valence-corrected chi connectivity index (χ0v) is 14.6. The fraction of sp³-hybridized carbons (Fsp3) is 0.222. The van der Waals surface area contributed by atoms with Gasteiger partial charge in [-0.2, -0.15) is 5.10 Å². The first-order valence-electron chi connectivity index (χ1n) is 8.74. The highest BCUT2D eigenvalue weighted by molar-refractivity contribution is 5.58. The van der Waals surface area contributed by atoms with Crippen molar-refractivity contribution in [2.45, 2.75) is 18.9 Å². The molecule has 0 bridgehead atoms. The fourth-order valence-corrected chi connectivity index (χ4v) is 3.65. The van der Waals surface area contributed by atoms with E-state index in [2.05, 4.69) is 25.0 Å². The highest BCUT2D eigenvalue weighted by Gasteiger charge is 2.34. The lowest BCUT2D eigenvalue weighted by Gasteiger charge is -2.33. The second-order valence-corrected chi connectivity index (χ2v) is 6.59. The molecule has 5 rings (SSSR count). The zero-order valence-electron chi connectivity index (χ0n) is 14.6.